The lowest BCUT2D eigenvalue weighted by Gasteiger charge is -2.57. The summed E-state index contributed by atoms with van der Waals surface area (Å²) in [4.78, 5) is 24.4. The zero-order valence-corrected chi connectivity index (χ0v) is 20.9. The fourth-order valence-electron chi connectivity index (χ4n) is 7.50. The summed E-state index contributed by atoms with van der Waals surface area (Å²) in [6.07, 6.45) is 9.29. The Bertz CT molecular complexity index is 1050. The molecule has 4 fully saturated rings. The molecule has 4 aliphatic rings. The first-order valence-corrected chi connectivity index (χ1v) is 13.2. The summed E-state index contributed by atoms with van der Waals surface area (Å²) in [5.74, 6) is 2.09. The van der Waals surface area contributed by atoms with E-state index in [0.29, 0.717) is 36.1 Å². The van der Waals surface area contributed by atoms with Crippen molar-refractivity contribution in [2.45, 2.75) is 70.3 Å². The van der Waals surface area contributed by atoms with Gasteiger partial charge in [-0.05, 0) is 104 Å². The number of rotatable bonds is 9. The molecular formula is C30H37NO4. The zero-order valence-electron chi connectivity index (χ0n) is 20.9. The predicted octanol–water partition coefficient (Wildman–Crippen LogP) is 5.75. The summed E-state index contributed by atoms with van der Waals surface area (Å²) in [5.41, 5.74) is 4.22. The molecule has 4 bridgehead atoms. The standard InChI is InChI=1S/C30H37NO4/c1-3-23(29(33)34)13-19-4-9-27(35-2)25(14-19)18-31-28(32)24-5-7-26(8-6-24)30-15-20-10-21(16-30)12-22(11-20)17-30/h4-9,14,20-23H,3,10-13,15-18H2,1-2H3,(H,31,32)(H,33,34). The van der Waals surface area contributed by atoms with Crippen LogP contribution in [-0.2, 0) is 23.2 Å². The average Bonchev–Trinajstić information content (AvgIpc) is 2.85. The average molecular weight is 476 g/mol. The van der Waals surface area contributed by atoms with Crippen molar-refractivity contribution in [1.29, 1.82) is 0 Å². The van der Waals surface area contributed by atoms with E-state index < -0.39 is 11.9 Å². The van der Waals surface area contributed by atoms with Crippen molar-refractivity contribution in [3.63, 3.8) is 0 Å². The van der Waals surface area contributed by atoms with Crippen LogP contribution in [0.1, 0.15) is 78.9 Å². The van der Waals surface area contributed by atoms with Gasteiger partial charge in [0.05, 0.1) is 13.0 Å². The quantitative estimate of drug-likeness (QED) is 0.484. The van der Waals surface area contributed by atoms with Gasteiger partial charge in [-0.2, -0.15) is 0 Å². The lowest BCUT2D eigenvalue weighted by Crippen LogP contribution is -2.48. The second kappa shape index (κ2) is 9.67. The molecule has 4 aliphatic carbocycles. The van der Waals surface area contributed by atoms with Crippen LogP contribution in [0.15, 0.2) is 42.5 Å². The maximum Gasteiger partial charge on any atom is 0.306 e. The number of methoxy groups -OCH3 is 1. The minimum atomic E-state index is -0.782. The van der Waals surface area contributed by atoms with Crippen molar-refractivity contribution in [2.75, 3.05) is 7.11 Å². The van der Waals surface area contributed by atoms with Gasteiger partial charge in [0, 0.05) is 17.7 Å². The minimum absolute atomic E-state index is 0.105. The van der Waals surface area contributed by atoms with Crippen LogP contribution in [0.2, 0.25) is 0 Å². The normalized spacial score (nSPS) is 27.4. The summed E-state index contributed by atoms with van der Waals surface area (Å²) in [7, 11) is 1.61. The monoisotopic (exact) mass is 475 g/mol. The Labute approximate surface area is 208 Å². The van der Waals surface area contributed by atoms with Crippen LogP contribution in [0.25, 0.3) is 0 Å². The molecule has 0 spiro atoms. The Morgan fingerprint density at radius 2 is 1.66 bits per heavy atom. The van der Waals surface area contributed by atoms with Crippen molar-refractivity contribution < 1.29 is 19.4 Å². The van der Waals surface area contributed by atoms with Crippen LogP contribution in [0, 0.1) is 23.7 Å². The molecule has 5 heteroatoms. The number of nitrogens with one attached hydrogen (secondary N) is 1. The Hall–Kier alpha value is -2.82. The zero-order chi connectivity index (χ0) is 24.6. The Morgan fingerprint density at radius 1 is 1.03 bits per heavy atom. The van der Waals surface area contributed by atoms with Gasteiger partial charge in [-0.3, -0.25) is 9.59 Å². The van der Waals surface area contributed by atoms with E-state index in [-0.39, 0.29) is 5.91 Å². The number of carboxylic acids is 1. The molecule has 35 heavy (non-hydrogen) atoms. The number of carbonyl (C=O) groups is 2. The largest absolute Gasteiger partial charge is 0.496 e. The number of ether oxygens (including phenoxy) is 1. The highest BCUT2D eigenvalue weighted by Crippen LogP contribution is 2.60. The van der Waals surface area contributed by atoms with Crippen LogP contribution in [0.4, 0.5) is 0 Å². The molecule has 0 saturated heterocycles. The van der Waals surface area contributed by atoms with Crippen molar-refractivity contribution in [2.24, 2.45) is 23.7 Å². The molecule has 1 atom stereocenters. The highest BCUT2D eigenvalue weighted by atomic mass is 16.5. The molecule has 1 unspecified atom stereocenters. The number of benzene rings is 2. The summed E-state index contributed by atoms with van der Waals surface area (Å²) in [5, 5.41) is 12.4. The number of amides is 1. The van der Waals surface area contributed by atoms with Gasteiger partial charge in [0.25, 0.3) is 5.91 Å². The number of carbonyl (C=O) groups excluding carboxylic acids is 1. The highest BCUT2D eigenvalue weighted by Gasteiger charge is 2.51. The van der Waals surface area contributed by atoms with Crippen molar-refractivity contribution in [3.8, 4) is 5.75 Å². The molecular weight excluding hydrogens is 438 g/mol. The van der Waals surface area contributed by atoms with Crippen LogP contribution in [-0.4, -0.2) is 24.1 Å². The first-order valence-electron chi connectivity index (χ1n) is 13.2. The van der Waals surface area contributed by atoms with Gasteiger partial charge in [0.1, 0.15) is 5.75 Å². The van der Waals surface area contributed by atoms with Gasteiger partial charge in [-0.15, -0.1) is 0 Å². The third kappa shape index (κ3) is 4.82. The van der Waals surface area contributed by atoms with E-state index in [4.69, 9.17) is 4.74 Å². The molecule has 6 rings (SSSR count). The fraction of sp³-hybridized carbons (Fsp3) is 0.533. The predicted molar refractivity (Wildman–Crippen MR) is 136 cm³/mol. The number of hydrogen-bond acceptors (Lipinski definition) is 3. The lowest BCUT2D eigenvalue weighted by molar-refractivity contribution is -0.141. The summed E-state index contributed by atoms with van der Waals surface area (Å²) in [6, 6.07) is 14.1. The van der Waals surface area contributed by atoms with Gasteiger partial charge >= 0.3 is 5.97 Å². The Morgan fingerprint density at radius 3 is 2.20 bits per heavy atom. The lowest BCUT2D eigenvalue weighted by atomic mass is 9.48. The van der Waals surface area contributed by atoms with E-state index in [9.17, 15) is 14.7 Å². The molecule has 2 N–H and O–H groups in total. The summed E-state index contributed by atoms with van der Waals surface area (Å²) in [6.45, 7) is 2.22. The van der Waals surface area contributed by atoms with E-state index in [1.54, 1.807) is 7.11 Å². The van der Waals surface area contributed by atoms with Crippen LogP contribution in [0.3, 0.4) is 0 Å². The maximum atomic E-state index is 12.9. The van der Waals surface area contributed by atoms with E-state index in [1.807, 2.05) is 37.3 Å². The third-order valence-electron chi connectivity index (χ3n) is 8.91. The van der Waals surface area contributed by atoms with Crippen LogP contribution in [0.5, 0.6) is 5.75 Å². The smallest absolute Gasteiger partial charge is 0.306 e. The van der Waals surface area contributed by atoms with Gasteiger partial charge in [-0.25, -0.2) is 0 Å². The molecule has 186 valence electrons. The van der Waals surface area contributed by atoms with E-state index >= 15 is 0 Å². The van der Waals surface area contributed by atoms with Gasteiger partial charge in [-0.1, -0.05) is 31.2 Å². The molecule has 5 nitrogen and oxygen atoms in total. The highest BCUT2D eigenvalue weighted by molar-refractivity contribution is 5.94. The van der Waals surface area contributed by atoms with Crippen molar-refractivity contribution in [1.82, 2.24) is 5.32 Å². The molecule has 1 amide bonds. The third-order valence-corrected chi connectivity index (χ3v) is 8.91. The SMILES string of the molecule is CCC(Cc1ccc(OC)c(CNC(=O)c2ccc(C34CC5CC(CC(C5)C3)C4)cc2)c1)C(=O)O. The van der Waals surface area contributed by atoms with Gasteiger partial charge in [0.2, 0.25) is 0 Å². The van der Waals surface area contributed by atoms with E-state index in [0.717, 1.165) is 28.9 Å². The Balaban J connectivity index is 1.25. The Kier molecular flexibility index (Phi) is 6.61. The first-order chi connectivity index (χ1) is 16.9. The van der Waals surface area contributed by atoms with Crippen LogP contribution >= 0.6 is 0 Å². The second-order valence-electron chi connectivity index (χ2n) is 11.3. The first kappa shape index (κ1) is 23.9. The summed E-state index contributed by atoms with van der Waals surface area (Å²) >= 11 is 0. The summed E-state index contributed by atoms with van der Waals surface area (Å²) < 4.78 is 5.48. The number of hydrogen-bond donors (Lipinski definition) is 2. The molecule has 2 aromatic rings. The van der Waals surface area contributed by atoms with Crippen molar-refractivity contribution >= 4 is 11.9 Å². The number of aliphatic carboxylic acids is 1. The molecule has 0 heterocycles. The molecule has 2 aromatic carbocycles. The van der Waals surface area contributed by atoms with Gasteiger partial charge < -0.3 is 15.2 Å². The second-order valence-corrected chi connectivity index (χ2v) is 11.3. The molecule has 0 radical (unpaired) electrons. The number of carboxylic acid groups (broad SMARTS) is 1. The topological polar surface area (TPSA) is 75.6 Å². The molecule has 0 aliphatic heterocycles. The fourth-order valence-corrected chi connectivity index (χ4v) is 7.50. The minimum Gasteiger partial charge on any atom is -0.496 e. The van der Waals surface area contributed by atoms with Crippen molar-refractivity contribution in [3.05, 3.63) is 64.7 Å². The van der Waals surface area contributed by atoms with Gasteiger partial charge in [0.15, 0.2) is 0 Å². The van der Waals surface area contributed by atoms with E-state index in [1.165, 1.54) is 44.1 Å². The van der Waals surface area contributed by atoms with Crippen LogP contribution < -0.4 is 10.1 Å². The molecule has 4 saturated carbocycles. The maximum absolute atomic E-state index is 12.9. The van der Waals surface area contributed by atoms with E-state index in [2.05, 4.69) is 17.4 Å². The molecule has 0 aromatic heterocycles.